The molecule has 1 amide bonds. The van der Waals surface area contributed by atoms with Crippen molar-refractivity contribution in [1.29, 1.82) is 0 Å². The molecule has 25 heavy (non-hydrogen) atoms. The Morgan fingerprint density at radius 3 is 2.52 bits per heavy atom. The average Bonchev–Trinajstić information content (AvgIpc) is 2.94. The predicted octanol–water partition coefficient (Wildman–Crippen LogP) is 2.40. The van der Waals surface area contributed by atoms with Crippen molar-refractivity contribution in [2.24, 2.45) is 0 Å². The smallest absolute Gasteiger partial charge is 0.234 e. The zero-order valence-electron chi connectivity index (χ0n) is 14.0. The second kappa shape index (κ2) is 8.86. The molecule has 1 aromatic carbocycles. The summed E-state index contributed by atoms with van der Waals surface area (Å²) in [7, 11) is -3.32. The minimum Gasteiger partial charge on any atom is -0.340 e. The van der Waals surface area contributed by atoms with E-state index in [1.54, 1.807) is 38.1 Å². The second-order valence-electron chi connectivity index (χ2n) is 5.27. The van der Waals surface area contributed by atoms with E-state index in [2.05, 4.69) is 20.2 Å². The second-order valence-corrected chi connectivity index (χ2v) is 8.10. The number of aryl methyl sites for hydroxylation is 1. The molecule has 2 N–H and O–H groups in total. The molecule has 10 heteroatoms. The first-order chi connectivity index (χ1) is 11.9. The van der Waals surface area contributed by atoms with Crippen LogP contribution in [-0.4, -0.2) is 36.0 Å². The molecule has 0 aliphatic rings. The molecule has 0 saturated heterocycles. The van der Waals surface area contributed by atoms with E-state index in [4.69, 9.17) is 4.52 Å². The lowest BCUT2D eigenvalue weighted by atomic mass is 10.3. The molecule has 8 nitrogen and oxygen atoms in total. The standard InChI is InChI=1S/C15H20N4O4S2/c1-3-8-25(21,22)19-13-6-4-12(5-7-13)17-15(20)10-24-9-14-16-11(2)23-18-14/h4-7,19H,3,8-10H2,1-2H3,(H,17,20). The Hall–Kier alpha value is -2.07. The Bertz CT molecular complexity index is 803. The van der Waals surface area contributed by atoms with E-state index in [0.29, 0.717) is 35.3 Å². The van der Waals surface area contributed by atoms with Crippen LogP contribution in [0.4, 0.5) is 11.4 Å². The maximum absolute atomic E-state index is 11.9. The first kappa shape index (κ1) is 19.3. The van der Waals surface area contributed by atoms with E-state index in [1.807, 2.05) is 0 Å². The van der Waals surface area contributed by atoms with Crippen LogP contribution < -0.4 is 10.0 Å². The highest BCUT2D eigenvalue weighted by Gasteiger charge is 2.09. The van der Waals surface area contributed by atoms with Gasteiger partial charge in [0.15, 0.2) is 5.82 Å². The maximum atomic E-state index is 11.9. The van der Waals surface area contributed by atoms with E-state index < -0.39 is 10.0 Å². The lowest BCUT2D eigenvalue weighted by Gasteiger charge is -2.09. The lowest BCUT2D eigenvalue weighted by molar-refractivity contribution is -0.113. The molecule has 1 heterocycles. The Labute approximate surface area is 150 Å². The maximum Gasteiger partial charge on any atom is 0.234 e. The number of amides is 1. The summed E-state index contributed by atoms with van der Waals surface area (Å²) in [6.07, 6.45) is 0.546. The molecule has 2 aromatic rings. The van der Waals surface area contributed by atoms with Crippen LogP contribution in [0.3, 0.4) is 0 Å². The SMILES string of the molecule is CCCS(=O)(=O)Nc1ccc(NC(=O)CSCc2noc(C)n2)cc1. The zero-order chi connectivity index (χ0) is 18.3. The van der Waals surface area contributed by atoms with Crippen LogP contribution >= 0.6 is 11.8 Å². The molecule has 0 radical (unpaired) electrons. The minimum atomic E-state index is -3.32. The van der Waals surface area contributed by atoms with Gasteiger partial charge in [0.25, 0.3) is 0 Å². The number of hydrogen-bond acceptors (Lipinski definition) is 7. The molecule has 0 unspecified atom stereocenters. The van der Waals surface area contributed by atoms with Gasteiger partial charge in [0.2, 0.25) is 21.8 Å². The minimum absolute atomic E-state index is 0.0720. The number of nitrogens with zero attached hydrogens (tertiary/aromatic N) is 2. The topological polar surface area (TPSA) is 114 Å². The van der Waals surface area contributed by atoms with Crippen molar-refractivity contribution in [3.05, 3.63) is 36.0 Å². The summed E-state index contributed by atoms with van der Waals surface area (Å²) in [4.78, 5) is 16.0. The third kappa shape index (κ3) is 6.75. The van der Waals surface area contributed by atoms with Gasteiger partial charge in [-0.1, -0.05) is 12.1 Å². The summed E-state index contributed by atoms with van der Waals surface area (Å²) in [6, 6.07) is 6.51. The van der Waals surface area contributed by atoms with Gasteiger partial charge in [-0.05, 0) is 30.7 Å². The van der Waals surface area contributed by atoms with Gasteiger partial charge >= 0.3 is 0 Å². The first-order valence-electron chi connectivity index (χ1n) is 7.65. The summed E-state index contributed by atoms with van der Waals surface area (Å²) in [6.45, 7) is 3.51. The Morgan fingerprint density at radius 1 is 1.24 bits per heavy atom. The van der Waals surface area contributed by atoms with Gasteiger partial charge in [-0.15, -0.1) is 11.8 Å². The lowest BCUT2D eigenvalue weighted by Crippen LogP contribution is -2.16. The quantitative estimate of drug-likeness (QED) is 0.682. The number of aromatic nitrogens is 2. The largest absolute Gasteiger partial charge is 0.340 e. The van der Waals surface area contributed by atoms with Gasteiger partial charge in [0, 0.05) is 18.3 Å². The van der Waals surface area contributed by atoms with Crippen LogP contribution in [0, 0.1) is 6.92 Å². The predicted molar refractivity (Wildman–Crippen MR) is 98.0 cm³/mol. The number of benzene rings is 1. The van der Waals surface area contributed by atoms with Crippen LogP contribution in [0.15, 0.2) is 28.8 Å². The first-order valence-corrected chi connectivity index (χ1v) is 10.5. The number of carbonyl (C=O) groups excluding carboxylic acids is 1. The molecule has 136 valence electrons. The van der Waals surface area contributed by atoms with Gasteiger partial charge < -0.3 is 9.84 Å². The molecule has 0 aliphatic heterocycles. The molecule has 1 aromatic heterocycles. The van der Waals surface area contributed by atoms with Crippen molar-refractivity contribution in [3.8, 4) is 0 Å². The highest BCUT2D eigenvalue weighted by atomic mass is 32.2. The summed E-state index contributed by atoms with van der Waals surface area (Å²) >= 11 is 1.37. The third-order valence-corrected chi connectivity index (χ3v) is 5.37. The summed E-state index contributed by atoms with van der Waals surface area (Å²) < 4.78 is 30.7. The van der Waals surface area contributed by atoms with Crippen molar-refractivity contribution < 1.29 is 17.7 Å². The van der Waals surface area contributed by atoms with Crippen molar-refractivity contribution in [2.45, 2.75) is 26.0 Å². The van der Waals surface area contributed by atoms with Gasteiger partial charge in [0.05, 0.1) is 17.3 Å². The number of thioether (sulfide) groups is 1. The highest BCUT2D eigenvalue weighted by Crippen LogP contribution is 2.16. The fourth-order valence-electron chi connectivity index (χ4n) is 1.95. The van der Waals surface area contributed by atoms with Crippen molar-refractivity contribution in [1.82, 2.24) is 10.1 Å². The molecule has 2 rings (SSSR count). The molecule has 0 bridgehead atoms. The van der Waals surface area contributed by atoms with Gasteiger partial charge in [-0.3, -0.25) is 9.52 Å². The molecular formula is C15H20N4O4S2. The molecule has 0 saturated carbocycles. The Balaban J connectivity index is 1.79. The molecular weight excluding hydrogens is 364 g/mol. The zero-order valence-corrected chi connectivity index (χ0v) is 15.6. The van der Waals surface area contributed by atoms with E-state index in [9.17, 15) is 13.2 Å². The van der Waals surface area contributed by atoms with Crippen LogP contribution in [0.2, 0.25) is 0 Å². The fraction of sp³-hybridized carbons (Fsp3) is 0.400. The summed E-state index contributed by atoms with van der Waals surface area (Å²) in [5.41, 5.74) is 1.06. The third-order valence-electron chi connectivity index (χ3n) is 2.95. The van der Waals surface area contributed by atoms with Crippen molar-refractivity contribution >= 4 is 39.1 Å². The monoisotopic (exact) mass is 384 g/mol. The molecule has 0 fully saturated rings. The van der Waals surface area contributed by atoms with Crippen LogP contribution in [-0.2, 0) is 20.6 Å². The Morgan fingerprint density at radius 2 is 1.92 bits per heavy atom. The number of hydrogen-bond donors (Lipinski definition) is 2. The van der Waals surface area contributed by atoms with Crippen molar-refractivity contribution in [3.63, 3.8) is 0 Å². The van der Waals surface area contributed by atoms with E-state index in [1.165, 1.54) is 11.8 Å². The van der Waals surface area contributed by atoms with Crippen LogP contribution in [0.1, 0.15) is 25.1 Å². The average molecular weight is 384 g/mol. The molecule has 0 atom stereocenters. The number of rotatable bonds is 9. The van der Waals surface area contributed by atoms with E-state index in [0.717, 1.165) is 0 Å². The van der Waals surface area contributed by atoms with Crippen LogP contribution in [0.25, 0.3) is 0 Å². The Kier molecular flexibility index (Phi) is 6.82. The van der Waals surface area contributed by atoms with Gasteiger partial charge in [0.1, 0.15) is 0 Å². The highest BCUT2D eigenvalue weighted by molar-refractivity contribution is 7.99. The van der Waals surface area contributed by atoms with Crippen LogP contribution in [0.5, 0.6) is 0 Å². The molecule has 0 spiro atoms. The number of sulfonamides is 1. The van der Waals surface area contributed by atoms with Crippen molar-refractivity contribution in [2.75, 3.05) is 21.5 Å². The normalized spacial score (nSPS) is 11.3. The number of nitrogens with one attached hydrogen (secondary N) is 2. The number of anilines is 2. The molecule has 0 aliphatic carbocycles. The van der Waals surface area contributed by atoms with E-state index >= 15 is 0 Å². The van der Waals surface area contributed by atoms with Gasteiger partial charge in [-0.25, -0.2) is 8.42 Å². The fourth-order valence-corrected chi connectivity index (χ4v) is 3.75. The van der Waals surface area contributed by atoms with E-state index in [-0.39, 0.29) is 17.4 Å². The summed E-state index contributed by atoms with van der Waals surface area (Å²) in [5, 5.41) is 6.50. The van der Waals surface area contributed by atoms with Gasteiger partial charge in [-0.2, -0.15) is 4.98 Å². The number of carbonyl (C=O) groups is 1. The summed E-state index contributed by atoms with van der Waals surface area (Å²) in [5.74, 6) is 1.70.